The lowest BCUT2D eigenvalue weighted by Gasteiger charge is -2.34. The van der Waals surface area contributed by atoms with Crippen LogP contribution in [0.15, 0.2) is 40.0 Å². The number of fused-ring (bicyclic) bond motifs is 1. The molecule has 4 nitrogen and oxygen atoms in total. The standard InChI is InChI=1S/C21H28N2O2S/c1-4-23-18-11-6-5-9-16(18)19(12-21(23)25)26-13-20(24)22-17-10-7-8-14(2)15(17)3/h5-6,9,11-12,14-15,17H,4,7-8,10,13H2,1-3H3,(H,22,24)/t14-,15+,17+/m0/s1. The van der Waals surface area contributed by atoms with E-state index in [2.05, 4.69) is 19.2 Å². The van der Waals surface area contributed by atoms with Gasteiger partial charge in [0.2, 0.25) is 5.91 Å². The first-order valence-electron chi connectivity index (χ1n) is 9.56. The zero-order valence-corrected chi connectivity index (χ0v) is 16.6. The summed E-state index contributed by atoms with van der Waals surface area (Å²) in [5, 5.41) is 4.25. The molecule has 0 radical (unpaired) electrons. The normalized spacial score (nSPS) is 23.1. The Labute approximate surface area is 159 Å². The van der Waals surface area contributed by atoms with Gasteiger partial charge in [0.1, 0.15) is 0 Å². The Morgan fingerprint density at radius 1 is 1.27 bits per heavy atom. The van der Waals surface area contributed by atoms with Crippen molar-refractivity contribution in [3.05, 3.63) is 40.7 Å². The lowest BCUT2D eigenvalue weighted by molar-refractivity contribution is -0.119. The fraction of sp³-hybridized carbons (Fsp3) is 0.524. The van der Waals surface area contributed by atoms with Crippen LogP contribution in [0.4, 0.5) is 0 Å². The van der Waals surface area contributed by atoms with Gasteiger partial charge in [0.15, 0.2) is 0 Å². The van der Waals surface area contributed by atoms with Gasteiger partial charge in [-0.05, 0) is 31.2 Å². The van der Waals surface area contributed by atoms with E-state index in [0.717, 1.165) is 22.2 Å². The second kappa shape index (κ2) is 8.30. The predicted molar refractivity (Wildman–Crippen MR) is 109 cm³/mol. The van der Waals surface area contributed by atoms with E-state index in [-0.39, 0.29) is 17.5 Å². The highest BCUT2D eigenvalue weighted by Gasteiger charge is 2.28. The van der Waals surface area contributed by atoms with Gasteiger partial charge >= 0.3 is 0 Å². The lowest BCUT2D eigenvalue weighted by atomic mass is 9.78. The monoisotopic (exact) mass is 372 g/mol. The van der Waals surface area contributed by atoms with Gasteiger partial charge in [0.05, 0.1) is 11.3 Å². The number of thioether (sulfide) groups is 1. The number of amides is 1. The van der Waals surface area contributed by atoms with E-state index in [0.29, 0.717) is 24.1 Å². The third-order valence-electron chi connectivity index (χ3n) is 5.71. The molecule has 1 N–H and O–H groups in total. The molecule has 3 rings (SSSR count). The predicted octanol–water partition coefficient (Wildman–Crippen LogP) is 4.05. The highest BCUT2D eigenvalue weighted by Crippen LogP contribution is 2.30. The fourth-order valence-corrected chi connectivity index (χ4v) is 4.81. The van der Waals surface area contributed by atoms with E-state index in [4.69, 9.17) is 0 Å². The van der Waals surface area contributed by atoms with Crippen molar-refractivity contribution in [3.8, 4) is 0 Å². The molecule has 1 aromatic heterocycles. The first-order valence-corrected chi connectivity index (χ1v) is 10.5. The largest absolute Gasteiger partial charge is 0.352 e. The van der Waals surface area contributed by atoms with Gasteiger partial charge in [-0.25, -0.2) is 0 Å². The molecule has 2 aromatic rings. The van der Waals surface area contributed by atoms with Crippen LogP contribution in [0.2, 0.25) is 0 Å². The number of aryl methyl sites for hydroxylation is 1. The van der Waals surface area contributed by atoms with Crippen LogP contribution in [-0.2, 0) is 11.3 Å². The highest BCUT2D eigenvalue weighted by atomic mass is 32.2. The molecule has 1 fully saturated rings. The van der Waals surface area contributed by atoms with Crippen molar-refractivity contribution in [2.75, 3.05) is 5.75 Å². The molecule has 0 bridgehead atoms. The Kier molecular flexibility index (Phi) is 6.07. The maximum absolute atomic E-state index is 12.5. The summed E-state index contributed by atoms with van der Waals surface area (Å²) in [6.07, 6.45) is 3.50. The molecule has 0 aliphatic heterocycles. The molecule has 140 valence electrons. The molecule has 5 heteroatoms. The number of rotatable bonds is 5. The van der Waals surface area contributed by atoms with Crippen molar-refractivity contribution >= 4 is 28.6 Å². The van der Waals surface area contributed by atoms with Crippen molar-refractivity contribution in [3.63, 3.8) is 0 Å². The van der Waals surface area contributed by atoms with Crippen molar-refractivity contribution in [2.45, 2.75) is 57.5 Å². The molecule has 1 amide bonds. The summed E-state index contributed by atoms with van der Waals surface area (Å²) in [7, 11) is 0. The van der Waals surface area contributed by atoms with Crippen LogP contribution in [0.5, 0.6) is 0 Å². The maximum atomic E-state index is 12.5. The summed E-state index contributed by atoms with van der Waals surface area (Å²) in [5.41, 5.74) is 0.920. The van der Waals surface area contributed by atoms with E-state index in [9.17, 15) is 9.59 Å². The minimum absolute atomic E-state index is 0.0103. The average molecular weight is 373 g/mol. The van der Waals surface area contributed by atoms with E-state index in [1.54, 1.807) is 10.6 Å². The van der Waals surface area contributed by atoms with Crippen molar-refractivity contribution in [2.24, 2.45) is 11.8 Å². The van der Waals surface area contributed by atoms with Gasteiger partial charge in [0, 0.05) is 28.9 Å². The van der Waals surface area contributed by atoms with E-state index < -0.39 is 0 Å². The number of hydrogen-bond acceptors (Lipinski definition) is 3. The summed E-state index contributed by atoms with van der Waals surface area (Å²) in [6.45, 7) is 7.12. The summed E-state index contributed by atoms with van der Waals surface area (Å²) in [5.74, 6) is 1.58. The Balaban J connectivity index is 1.72. The van der Waals surface area contributed by atoms with Crippen LogP contribution in [0.1, 0.15) is 40.0 Å². The smallest absolute Gasteiger partial charge is 0.252 e. The number of nitrogens with zero attached hydrogens (tertiary/aromatic N) is 1. The number of aromatic nitrogens is 1. The van der Waals surface area contributed by atoms with E-state index in [1.807, 2.05) is 31.2 Å². The number of carbonyl (C=O) groups is 1. The van der Waals surface area contributed by atoms with Crippen LogP contribution in [-0.4, -0.2) is 22.3 Å². The molecular formula is C21H28N2O2S. The Hall–Kier alpha value is -1.75. The zero-order chi connectivity index (χ0) is 18.7. The number of hydrogen-bond donors (Lipinski definition) is 1. The van der Waals surface area contributed by atoms with E-state index >= 15 is 0 Å². The maximum Gasteiger partial charge on any atom is 0.252 e. The van der Waals surface area contributed by atoms with E-state index in [1.165, 1.54) is 24.6 Å². The van der Waals surface area contributed by atoms with Crippen molar-refractivity contribution in [1.82, 2.24) is 9.88 Å². The molecular weight excluding hydrogens is 344 g/mol. The van der Waals surface area contributed by atoms with Crippen LogP contribution in [0, 0.1) is 11.8 Å². The quantitative estimate of drug-likeness (QED) is 0.806. The average Bonchev–Trinajstić information content (AvgIpc) is 2.63. The van der Waals surface area contributed by atoms with Crippen molar-refractivity contribution in [1.29, 1.82) is 0 Å². The molecule has 1 heterocycles. The molecule has 1 aromatic carbocycles. The summed E-state index contributed by atoms with van der Waals surface area (Å²) in [4.78, 5) is 25.7. The summed E-state index contributed by atoms with van der Waals surface area (Å²) < 4.78 is 1.77. The second-order valence-corrected chi connectivity index (χ2v) is 8.36. The van der Waals surface area contributed by atoms with Gasteiger partial charge in [-0.1, -0.05) is 44.9 Å². The molecule has 26 heavy (non-hydrogen) atoms. The minimum Gasteiger partial charge on any atom is -0.352 e. The van der Waals surface area contributed by atoms with Crippen LogP contribution in [0.25, 0.3) is 10.9 Å². The minimum atomic E-state index is -0.0103. The molecule has 1 saturated carbocycles. The topological polar surface area (TPSA) is 51.1 Å². The van der Waals surface area contributed by atoms with Gasteiger partial charge in [-0.3, -0.25) is 9.59 Å². The number of carbonyl (C=O) groups excluding carboxylic acids is 1. The third kappa shape index (κ3) is 3.98. The van der Waals surface area contributed by atoms with Crippen LogP contribution < -0.4 is 10.9 Å². The first-order chi connectivity index (χ1) is 12.5. The fourth-order valence-electron chi connectivity index (χ4n) is 3.93. The Morgan fingerprint density at radius 3 is 2.81 bits per heavy atom. The molecule has 0 saturated heterocycles. The van der Waals surface area contributed by atoms with Crippen LogP contribution in [0.3, 0.4) is 0 Å². The summed E-state index contributed by atoms with van der Waals surface area (Å²) in [6, 6.07) is 9.84. The SMILES string of the molecule is CCn1c(=O)cc(SCC(=O)N[C@@H]2CCC[C@H](C)[C@H]2C)c2ccccc21. The van der Waals surface area contributed by atoms with Gasteiger partial charge in [0.25, 0.3) is 5.56 Å². The lowest BCUT2D eigenvalue weighted by Crippen LogP contribution is -2.44. The summed E-state index contributed by atoms with van der Waals surface area (Å²) >= 11 is 1.46. The molecule has 0 unspecified atom stereocenters. The number of benzene rings is 1. The second-order valence-electron chi connectivity index (χ2n) is 7.34. The number of nitrogens with one attached hydrogen (secondary N) is 1. The Morgan fingerprint density at radius 2 is 2.04 bits per heavy atom. The number of pyridine rings is 1. The Bertz CT molecular complexity index is 846. The molecule has 1 aliphatic rings. The van der Waals surface area contributed by atoms with Gasteiger partial charge in [-0.2, -0.15) is 0 Å². The van der Waals surface area contributed by atoms with Crippen LogP contribution >= 0.6 is 11.8 Å². The van der Waals surface area contributed by atoms with Gasteiger partial charge in [-0.15, -0.1) is 11.8 Å². The number of para-hydroxylation sites is 1. The molecule has 0 spiro atoms. The molecule has 1 aliphatic carbocycles. The highest BCUT2D eigenvalue weighted by molar-refractivity contribution is 8.00. The first kappa shape index (κ1) is 19.0. The third-order valence-corrected chi connectivity index (χ3v) is 6.76. The molecule has 3 atom stereocenters. The zero-order valence-electron chi connectivity index (χ0n) is 15.8. The van der Waals surface area contributed by atoms with Crippen molar-refractivity contribution < 1.29 is 4.79 Å². The van der Waals surface area contributed by atoms with Gasteiger partial charge < -0.3 is 9.88 Å².